The number of hydrogen-bond donors (Lipinski definition) is 1. The minimum absolute atomic E-state index is 0.0847. The zero-order valence-electron chi connectivity index (χ0n) is 13.7. The van der Waals surface area contributed by atoms with E-state index < -0.39 is 0 Å². The Balaban J connectivity index is 1.75. The molecule has 4 nitrogen and oxygen atoms in total. The van der Waals surface area contributed by atoms with Crippen LogP contribution in [0.1, 0.15) is 31.4 Å². The zero-order chi connectivity index (χ0) is 16.9. The number of para-hydroxylation sites is 2. The number of nitrogens with zero attached hydrogens (tertiary/aromatic N) is 1. The Hall–Kier alpha value is -2.20. The lowest BCUT2D eigenvalue weighted by Gasteiger charge is -2.26. The highest BCUT2D eigenvalue weighted by atomic mass is 35.5. The van der Waals surface area contributed by atoms with Crippen molar-refractivity contribution in [3.8, 4) is 5.75 Å². The number of benzene rings is 2. The van der Waals surface area contributed by atoms with Crippen LogP contribution in [0.5, 0.6) is 5.75 Å². The van der Waals surface area contributed by atoms with Crippen molar-refractivity contribution in [2.75, 3.05) is 18.5 Å². The van der Waals surface area contributed by atoms with Gasteiger partial charge in [-0.15, -0.1) is 0 Å². The molecule has 3 rings (SSSR count). The largest absolute Gasteiger partial charge is 0.492 e. The van der Waals surface area contributed by atoms with Gasteiger partial charge in [-0.25, -0.2) is 4.79 Å². The first kappa shape index (κ1) is 16.7. The fraction of sp³-hybridized carbons (Fsp3) is 0.316. The van der Waals surface area contributed by atoms with Crippen LogP contribution < -0.4 is 10.1 Å². The van der Waals surface area contributed by atoms with E-state index in [1.807, 2.05) is 60.4 Å². The summed E-state index contributed by atoms with van der Waals surface area (Å²) in [7, 11) is 0. The van der Waals surface area contributed by atoms with Gasteiger partial charge in [0, 0.05) is 11.6 Å². The number of urea groups is 1. The first-order valence-electron chi connectivity index (χ1n) is 8.24. The third-order valence-electron chi connectivity index (χ3n) is 4.20. The van der Waals surface area contributed by atoms with Gasteiger partial charge in [0.2, 0.25) is 0 Å². The smallest absolute Gasteiger partial charge is 0.322 e. The fourth-order valence-corrected chi connectivity index (χ4v) is 3.21. The van der Waals surface area contributed by atoms with Crippen molar-refractivity contribution < 1.29 is 9.53 Å². The minimum atomic E-state index is -0.0976. The Morgan fingerprint density at radius 3 is 2.75 bits per heavy atom. The normalized spacial score (nSPS) is 16.9. The number of nitrogens with one attached hydrogen (secondary N) is 1. The maximum Gasteiger partial charge on any atom is 0.322 e. The van der Waals surface area contributed by atoms with Gasteiger partial charge < -0.3 is 15.0 Å². The van der Waals surface area contributed by atoms with E-state index in [2.05, 4.69) is 5.32 Å². The molecule has 0 aromatic heterocycles. The van der Waals surface area contributed by atoms with E-state index in [1.165, 1.54) is 0 Å². The van der Waals surface area contributed by atoms with Gasteiger partial charge in [-0.2, -0.15) is 0 Å². The number of likely N-dealkylation sites (tertiary alicyclic amines) is 1. The summed E-state index contributed by atoms with van der Waals surface area (Å²) in [5, 5.41) is 3.69. The Morgan fingerprint density at radius 1 is 1.25 bits per heavy atom. The SMILES string of the molecule is CCOc1ccccc1NC(=O)N1CCC[C@H]1c1ccc(Cl)cc1. The molecule has 24 heavy (non-hydrogen) atoms. The van der Waals surface area contributed by atoms with Crippen molar-refractivity contribution in [1.82, 2.24) is 4.90 Å². The lowest BCUT2D eigenvalue weighted by molar-refractivity contribution is 0.207. The van der Waals surface area contributed by atoms with E-state index in [0.717, 1.165) is 24.9 Å². The molecule has 0 aliphatic carbocycles. The monoisotopic (exact) mass is 344 g/mol. The second-order valence-corrected chi connectivity index (χ2v) is 6.20. The second-order valence-electron chi connectivity index (χ2n) is 5.76. The van der Waals surface area contributed by atoms with Gasteiger partial charge in [0.25, 0.3) is 0 Å². The summed E-state index contributed by atoms with van der Waals surface area (Å²) in [6.45, 7) is 3.23. The summed E-state index contributed by atoms with van der Waals surface area (Å²) < 4.78 is 5.58. The van der Waals surface area contributed by atoms with Crippen LogP contribution in [-0.4, -0.2) is 24.1 Å². The van der Waals surface area contributed by atoms with E-state index in [1.54, 1.807) is 0 Å². The summed E-state index contributed by atoms with van der Waals surface area (Å²) >= 11 is 5.96. The zero-order valence-corrected chi connectivity index (χ0v) is 14.4. The van der Waals surface area contributed by atoms with Gasteiger partial charge in [-0.3, -0.25) is 0 Å². The quantitative estimate of drug-likeness (QED) is 0.837. The predicted molar refractivity (Wildman–Crippen MR) is 96.8 cm³/mol. The number of carbonyl (C=O) groups excluding carboxylic acids is 1. The van der Waals surface area contributed by atoms with Crippen molar-refractivity contribution in [3.05, 3.63) is 59.1 Å². The van der Waals surface area contributed by atoms with E-state index in [4.69, 9.17) is 16.3 Å². The van der Waals surface area contributed by atoms with E-state index in [0.29, 0.717) is 23.1 Å². The highest BCUT2D eigenvalue weighted by Gasteiger charge is 2.30. The maximum absolute atomic E-state index is 12.8. The van der Waals surface area contributed by atoms with Gasteiger partial charge in [-0.1, -0.05) is 35.9 Å². The number of halogens is 1. The molecule has 1 fully saturated rings. The summed E-state index contributed by atoms with van der Waals surface area (Å²) in [6, 6.07) is 15.2. The van der Waals surface area contributed by atoms with Crippen LogP contribution in [0.15, 0.2) is 48.5 Å². The second kappa shape index (κ2) is 7.58. The molecular formula is C19H21ClN2O2. The molecule has 0 spiro atoms. The molecule has 1 heterocycles. The number of anilines is 1. The Bertz CT molecular complexity index is 703. The summed E-state index contributed by atoms with van der Waals surface area (Å²) in [6.07, 6.45) is 1.95. The summed E-state index contributed by atoms with van der Waals surface area (Å²) in [5.41, 5.74) is 1.82. The van der Waals surface area contributed by atoms with Crippen molar-refractivity contribution in [1.29, 1.82) is 0 Å². The molecule has 1 N–H and O–H groups in total. The van der Waals surface area contributed by atoms with Crippen molar-refractivity contribution in [2.45, 2.75) is 25.8 Å². The molecule has 0 radical (unpaired) electrons. The van der Waals surface area contributed by atoms with Gasteiger partial charge in [0.05, 0.1) is 18.3 Å². The summed E-state index contributed by atoms with van der Waals surface area (Å²) in [4.78, 5) is 14.6. The van der Waals surface area contributed by atoms with Crippen molar-refractivity contribution in [3.63, 3.8) is 0 Å². The minimum Gasteiger partial charge on any atom is -0.492 e. The molecule has 5 heteroatoms. The van der Waals surface area contributed by atoms with Gasteiger partial charge in [-0.05, 0) is 49.6 Å². The third kappa shape index (κ3) is 3.65. The van der Waals surface area contributed by atoms with Crippen LogP contribution in [0.3, 0.4) is 0 Å². The fourth-order valence-electron chi connectivity index (χ4n) is 3.08. The predicted octanol–water partition coefficient (Wildman–Crippen LogP) is 5.11. The highest BCUT2D eigenvalue weighted by molar-refractivity contribution is 6.30. The molecule has 0 saturated carbocycles. The molecule has 1 aliphatic rings. The molecule has 0 unspecified atom stereocenters. The van der Waals surface area contributed by atoms with Crippen LogP contribution in [0.4, 0.5) is 10.5 Å². The molecule has 1 atom stereocenters. The molecule has 2 aromatic rings. The lowest BCUT2D eigenvalue weighted by Crippen LogP contribution is -2.34. The Kier molecular flexibility index (Phi) is 5.26. The van der Waals surface area contributed by atoms with Crippen LogP contribution >= 0.6 is 11.6 Å². The molecule has 2 amide bonds. The number of carbonyl (C=O) groups is 1. The summed E-state index contributed by atoms with van der Waals surface area (Å²) in [5.74, 6) is 0.690. The molecule has 2 aromatic carbocycles. The van der Waals surface area contributed by atoms with Crippen LogP contribution in [0.25, 0.3) is 0 Å². The first-order valence-corrected chi connectivity index (χ1v) is 8.61. The van der Waals surface area contributed by atoms with Gasteiger partial charge in [0.15, 0.2) is 0 Å². The average molecular weight is 345 g/mol. The van der Waals surface area contributed by atoms with E-state index in [9.17, 15) is 4.79 Å². The molecule has 126 valence electrons. The highest BCUT2D eigenvalue weighted by Crippen LogP contribution is 2.33. The number of rotatable bonds is 4. The number of hydrogen-bond acceptors (Lipinski definition) is 2. The lowest BCUT2D eigenvalue weighted by atomic mass is 10.1. The van der Waals surface area contributed by atoms with E-state index in [-0.39, 0.29) is 12.1 Å². The maximum atomic E-state index is 12.8. The van der Waals surface area contributed by atoms with Crippen LogP contribution in [0.2, 0.25) is 5.02 Å². The van der Waals surface area contributed by atoms with Gasteiger partial charge >= 0.3 is 6.03 Å². The molecule has 1 aliphatic heterocycles. The average Bonchev–Trinajstić information content (AvgIpc) is 3.07. The number of amides is 2. The third-order valence-corrected chi connectivity index (χ3v) is 4.45. The molecule has 1 saturated heterocycles. The van der Waals surface area contributed by atoms with Gasteiger partial charge in [0.1, 0.15) is 5.75 Å². The first-order chi connectivity index (χ1) is 11.7. The van der Waals surface area contributed by atoms with Crippen LogP contribution in [-0.2, 0) is 0 Å². The Labute approximate surface area is 147 Å². The molecule has 0 bridgehead atoms. The standard InChI is InChI=1S/C19H21ClN2O2/c1-2-24-18-8-4-3-6-16(18)21-19(23)22-13-5-7-17(22)14-9-11-15(20)12-10-14/h3-4,6,8-12,17H,2,5,7,13H2,1H3,(H,21,23)/t17-/m0/s1. The Morgan fingerprint density at radius 2 is 2.00 bits per heavy atom. The van der Waals surface area contributed by atoms with E-state index >= 15 is 0 Å². The molecular weight excluding hydrogens is 324 g/mol. The van der Waals surface area contributed by atoms with Crippen LogP contribution in [0, 0.1) is 0 Å². The number of ether oxygens (including phenoxy) is 1. The van der Waals surface area contributed by atoms with Crippen molar-refractivity contribution in [2.24, 2.45) is 0 Å². The topological polar surface area (TPSA) is 41.6 Å². The van der Waals surface area contributed by atoms with Crippen molar-refractivity contribution >= 4 is 23.3 Å².